The van der Waals surface area contributed by atoms with Gasteiger partial charge in [0.1, 0.15) is 28.8 Å². The highest BCUT2D eigenvalue weighted by Crippen LogP contribution is 2.33. The molecule has 4 aromatic carbocycles. The predicted octanol–water partition coefficient (Wildman–Crippen LogP) is 6.93. The monoisotopic (exact) mass is 567 g/mol. The SMILES string of the molecule is CCn1c(S/C(=C\c2ccc(OCc3cccc4ccccc34)cc2)C(=O)O)nnc1-c1cc(OC)cc(OC)c1. The number of benzene rings is 4. The average Bonchev–Trinajstić information content (AvgIpc) is 3.42. The largest absolute Gasteiger partial charge is 0.497 e. The molecule has 0 saturated carbocycles. The summed E-state index contributed by atoms with van der Waals surface area (Å²) < 4.78 is 18.7. The molecule has 5 aromatic rings. The minimum atomic E-state index is -1.05. The Morgan fingerprint density at radius 3 is 2.29 bits per heavy atom. The van der Waals surface area contributed by atoms with E-state index in [0.717, 1.165) is 33.8 Å². The van der Waals surface area contributed by atoms with Gasteiger partial charge < -0.3 is 23.9 Å². The molecule has 1 aromatic heterocycles. The molecule has 5 rings (SSSR count). The number of hydrogen-bond donors (Lipinski definition) is 1. The van der Waals surface area contributed by atoms with Gasteiger partial charge in [-0.05, 0) is 70.9 Å². The third-order valence-corrected chi connectivity index (χ3v) is 7.50. The van der Waals surface area contributed by atoms with Crippen LogP contribution in [0, 0.1) is 0 Å². The summed E-state index contributed by atoms with van der Waals surface area (Å²) in [6, 6.07) is 27.2. The second-order valence-electron chi connectivity index (χ2n) is 9.06. The summed E-state index contributed by atoms with van der Waals surface area (Å²) in [6.45, 7) is 2.93. The molecule has 0 aliphatic heterocycles. The second kappa shape index (κ2) is 12.6. The lowest BCUT2D eigenvalue weighted by Gasteiger charge is -2.11. The van der Waals surface area contributed by atoms with Crippen molar-refractivity contribution in [2.75, 3.05) is 14.2 Å². The maximum absolute atomic E-state index is 12.2. The van der Waals surface area contributed by atoms with E-state index < -0.39 is 5.97 Å². The van der Waals surface area contributed by atoms with E-state index in [1.54, 1.807) is 26.4 Å². The summed E-state index contributed by atoms with van der Waals surface area (Å²) in [4.78, 5) is 12.3. The Hall–Kier alpha value is -4.76. The van der Waals surface area contributed by atoms with E-state index in [2.05, 4.69) is 34.5 Å². The van der Waals surface area contributed by atoms with Gasteiger partial charge >= 0.3 is 5.97 Å². The van der Waals surface area contributed by atoms with Crippen molar-refractivity contribution in [2.45, 2.75) is 25.2 Å². The Labute approximate surface area is 242 Å². The molecule has 0 unspecified atom stereocenters. The van der Waals surface area contributed by atoms with Gasteiger partial charge in [0.05, 0.1) is 14.2 Å². The third kappa shape index (κ3) is 6.36. The van der Waals surface area contributed by atoms with Gasteiger partial charge in [-0.25, -0.2) is 4.79 Å². The lowest BCUT2D eigenvalue weighted by molar-refractivity contribution is -0.131. The molecule has 208 valence electrons. The van der Waals surface area contributed by atoms with Crippen molar-refractivity contribution in [1.29, 1.82) is 0 Å². The molecule has 1 heterocycles. The molecule has 0 atom stereocenters. The maximum Gasteiger partial charge on any atom is 0.342 e. The highest BCUT2D eigenvalue weighted by molar-refractivity contribution is 8.04. The summed E-state index contributed by atoms with van der Waals surface area (Å²) >= 11 is 1.05. The van der Waals surface area contributed by atoms with Crippen LogP contribution < -0.4 is 14.2 Å². The van der Waals surface area contributed by atoms with Gasteiger partial charge in [0.2, 0.25) is 0 Å². The van der Waals surface area contributed by atoms with E-state index in [9.17, 15) is 9.90 Å². The molecule has 41 heavy (non-hydrogen) atoms. The summed E-state index contributed by atoms with van der Waals surface area (Å²) in [5.74, 6) is 1.47. The Balaban J connectivity index is 1.34. The van der Waals surface area contributed by atoms with Gasteiger partial charge in [-0.1, -0.05) is 54.6 Å². The number of carboxylic acids is 1. The second-order valence-corrected chi connectivity index (χ2v) is 10.1. The van der Waals surface area contributed by atoms with Crippen LogP contribution in [-0.4, -0.2) is 40.1 Å². The van der Waals surface area contributed by atoms with E-state index >= 15 is 0 Å². The number of carboxylic acid groups (broad SMARTS) is 1. The molecule has 9 heteroatoms. The Morgan fingerprint density at radius 2 is 1.61 bits per heavy atom. The van der Waals surface area contributed by atoms with Crippen LogP contribution in [0.2, 0.25) is 0 Å². The number of rotatable bonds is 11. The number of ether oxygens (including phenoxy) is 3. The standard InChI is InChI=1S/C32H29N3O5S/c1-4-35-30(24-17-26(38-2)19-27(18-24)39-3)33-34-32(35)41-29(31(36)37)16-21-12-14-25(15-13-21)40-20-23-10-7-9-22-8-5-6-11-28(22)23/h5-19H,4,20H2,1-3H3,(H,36,37)/b29-16-. The maximum atomic E-state index is 12.2. The van der Waals surface area contributed by atoms with Crippen molar-refractivity contribution in [3.8, 4) is 28.6 Å². The van der Waals surface area contributed by atoms with Crippen molar-refractivity contribution in [2.24, 2.45) is 0 Å². The zero-order chi connectivity index (χ0) is 28.8. The average molecular weight is 568 g/mol. The van der Waals surface area contributed by atoms with Crippen LogP contribution in [0.1, 0.15) is 18.1 Å². The quantitative estimate of drug-likeness (QED) is 0.136. The number of aliphatic carboxylic acids is 1. The fraction of sp³-hybridized carbons (Fsp3) is 0.156. The fourth-order valence-electron chi connectivity index (χ4n) is 4.42. The molecule has 0 aliphatic carbocycles. The van der Waals surface area contributed by atoms with Gasteiger partial charge in [-0.2, -0.15) is 0 Å². The lowest BCUT2D eigenvalue weighted by Crippen LogP contribution is -2.03. The first kappa shape index (κ1) is 27.8. The van der Waals surface area contributed by atoms with Crippen molar-refractivity contribution >= 4 is 34.6 Å². The fourth-order valence-corrected chi connectivity index (χ4v) is 5.31. The first-order chi connectivity index (χ1) is 20.0. The molecule has 0 aliphatic rings. The van der Waals surface area contributed by atoms with E-state index in [1.807, 2.05) is 66.1 Å². The Morgan fingerprint density at radius 1 is 0.902 bits per heavy atom. The van der Waals surface area contributed by atoms with Gasteiger partial charge in [0.25, 0.3) is 0 Å². The van der Waals surface area contributed by atoms with Crippen LogP contribution in [0.4, 0.5) is 0 Å². The zero-order valence-corrected chi connectivity index (χ0v) is 23.7. The van der Waals surface area contributed by atoms with E-state index in [-0.39, 0.29) is 4.91 Å². The number of thioether (sulfide) groups is 1. The molecule has 0 spiro atoms. The topological polar surface area (TPSA) is 95.7 Å². The van der Waals surface area contributed by atoms with E-state index in [1.165, 1.54) is 5.39 Å². The first-order valence-corrected chi connectivity index (χ1v) is 13.8. The molecule has 1 N–H and O–H groups in total. The normalized spacial score (nSPS) is 11.4. The van der Waals surface area contributed by atoms with Crippen LogP contribution in [0.3, 0.4) is 0 Å². The Kier molecular flexibility index (Phi) is 8.55. The van der Waals surface area contributed by atoms with Crippen molar-refractivity contribution < 1.29 is 24.1 Å². The molecule has 0 fully saturated rings. The van der Waals surface area contributed by atoms with Gasteiger partial charge in [0, 0.05) is 18.2 Å². The first-order valence-electron chi connectivity index (χ1n) is 13.0. The van der Waals surface area contributed by atoms with Gasteiger partial charge in [0.15, 0.2) is 11.0 Å². The van der Waals surface area contributed by atoms with Gasteiger partial charge in [-0.15, -0.1) is 10.2 Å². The molecule has 0 radical (unpaired) electrons. The number of hydrogen-bond acceptors (Lipinski definition) is 7. The van der Waals surface area contributed by atoms with Crippen molar-refractivity contribution in [3.05, 3.63) is 101 Å². The number of methoxy groups -OCH3 is 2. The van der Waals surface area contributed by atoms with Gasteiger partial charge in [-0.3, -0.25) is 0 Å². The van der Waals surface area contributed by atoms with Crippen molar-refractivity contribution in [1.82, 2.24) is 14.8 Å². The molecule has 0 bridgehead atoms. The number of aromatic nitrogens is 3. The van der Waals surface area contributed by atoms with E-state index in [0.29, 0.717) is 41.4 Å². The lowest BCUT2D eigenvalue weighted by atomic mass is 10.1. The molecular weight excluding hydrogens is 538 g/mol. The highest BCUT2D eigenvalue weighted by atomic mass is 32.2. The number of nitrogens with zero attached hydrogens (tertiary/aromatic N) is 3. The molecule has 0 amide bonds. The highest BCUT2D eigenvalue weighted by Gasteiger charge is 2.19. The minimum Gasteiger partial charge on any atom is -0.497 e. The number of carbonyl (C=O) groups is 1. The number of fused-ring (bicyclic) bond motifs is 1. The third-order valence-electron chi connectivity index (χ3n) is 6.51. The summed E-state index contributed by atoms with van der Waals surface area (Å²) in [7, 11) is 3.16. The van der Waals surface area contributed by atoms with Crippen LogP contribution >= 0.6 is 11.8 Å². The van der Waals surface area contributed by atoms with Crippen LogP contribution in [0.15, 0.2) is 95.0 Å². The molecular formula is C32H29N3O5S. The van der Waals surface area contributed by atoms with Crippen LogP contribution in [0.5, 0.6) is 17.2 Å². The molecule has 8 nitrogen and oxygen atoms in total. The minimum absolute atomic E-state index is 0.117. The molecule has 0 saturated heterocycles. The zero-order valence-electron chi connectivity index (χ0n) is 22.9. The van der Waals surface area contributed by atoms with Crippen LogP contribution in [0.25, 0.3) is 28.2 Å². The van der Waals surface area contributed by atoms with Crippen molar-refractivity contribution in [3.63, 3.8) is 0 Å². The predicted molar refractivity (Wildman–Crippen MR) is 160 cm³/mol. The Bertz CT molecular complexity index is 1690. The van der Waals surface area contributed by atoms with E-state index in [4.69, 9.17) is 14.2 Å². The van der Waals surface area contributed by atoms with Crippen LogP contribution in [-0.2, 0) is 17.9 Å². The summed E-state index contributed by atoms with van der Waals surface area (Å²) in [5, 5.41) is 21.4. The smallest absolute Gasteiger partial charge is 0.342 e. The summed E-state index contributed by atoms with van der Waals surface area (Å²) in [6.07, 6.45) is 1.62. The summed E-state index contributed by atoms with van der Waals surface area (Å²) in [5.41, 5.74) is 2.58.